The Morgan fingerprint density at radius 2 is 1.54 bits per heavy atom. The monoisotopic (exact) mass is 594 g/mol. The van der Waals surface area contributed by atoms with E-state index in [0.717, 1.165) is 37.3 Å². The van der Waals surface area contributed by atoms with Crippen LogP contribution in [0.25, 0.3) is 0 Å². The third-order valence-electron chi connectivity index (χ3n) is 6.56. The highest BCUT2D eigenvalue weighted by Crippen LogP contribution is 2.32. The van der Waals surface area contributed by atoms with Gasteiger partial charge in [-0.1, -0.05) is 25.0 Å². The second-order valence-corrected chi connectivity index (χ2v) is 12.1. The number of benzene rings is 2. The van der Waals surface area contributed by atoms with Crippen molar-refractivity contribution in [2.75, 3.05) is 24.7 Å². The van der Waals surface area contributed by atoms with Crippen molar-refractivity contribution >= 4 is 33.2 Å². The molecule has 1 aliphatic rings. The average Bonchev–Trinajstić information content (AvgIpc) is 2.90. The van der Waals surface area contributed by atoms with Crippen LogP contribution < -0.4 is 21.3 Å². The van der Waals surface area contributed by atoms with Crippen LogP contribution in [-0.4, -0.2) is 57.6 Å². The smallest absolute Gasteiger partial charge is 0.381 e. The third-order valence-corrected chi connectivity index (χ3v) is 7.68. The van der Waals surface area contributed by atoms with E-state index < -0.39 is 57.9 Å². The molecule has 1 saturated carbocycles. The van der Waals surface area contributed by atoms with Crippen LogP contribution in [0.2, 0.25) is 0 Å². The van der Waals surface area contributed by atoms with E-state index in [9.17, 15) is 36.0 Å². The van der Waals surface area contributed by atoms with Crippen LogP contribution in [0.3, 0.4) is 0 Å². The SMILES string of the molecule is C=C(C)CNc1ccc(C(F)(F)F)cc1C(=O)NCC(=O)NC1CCCCC1NC(=O)c1ccc(S(C)(=O)=O)cc1. The minimum atomic E-state index is -4.66. The van der Waals surface area contributed by atoms with E-state index in [-0.39, 0.29) is 28.3 Å². The molecular weight excluding hydrogens is 561 g/mol. The van der Waals surface area contributed by atoms with Gasteiger partial charge in [0.15, 0.2) is 9.84 Å². The molecule has 1 fully saturated rings. The van der Waals surface area contributed by atoms with Crippen LogP contribution in [0, 0.1) is 0 Å². The van der Waals surface area contributed by atoms with Crippen molar-refractivity contribution in [2.24, 2.45) is 0 Å². The molecule has 0 saturated heterocycles. The fourth-order valence-corrected chi connectivity index (χ4v) is 5.03. The van der Waals surface area contributed by atoms with E-state index in [2.05, 4.69) is 27.8 Å². The van der Waals surface area contributed by atoms with Crippen LogP contribution >= 0.6 is 0 Å². The van der Waals surface area contributed by atoms with Gasteiger partial charge in [-0.3, -0.25) is 14.4 Å². The summed E-state index contributed by atoms with van der Waals surface area (Å²) in [6, 6.07) is 7.40. The predicted molar refractivity (Wildman–Crippen MR) is 148 cm³/mol. The van der Waals surface area contributed by atoms with Crippen LogP contribution in [0.4, 0.5) is 18.9 Å². The number of hydrogen-bond acceptors (Lipinski definition) is 6. The molecule has 0 radical (unpaired) electrons. The molecule has 0 aliphatic heterocycles. The van der Waals surface area contributed by atoms with Crippen LogP contribution in [0.1, 0.15) is 58.9 Å². The van der Waals surface area contributed by atoms with E-state index in [4.69, 9.17) is 0 Å². The zero-order valence-electron chi connectivity index (χ0n) is 22.7. The Kier molecular flexibility index (Phi) is 10.2. The second kappa shape index (κ2) is 13.2. The minimum absolute atomic E-state index is 0.0859. The molecule has 3 amide bonds. The Labute approximate surface area is 236 Å². The first-order valence-corrected chi connectivity index (χ1v) is 14.8. The number of carbonyl (C=O) groups is 3. The number of rotatable bonds is 10. The van der Waals surface area contributed by atoms with Crippen molar-refractivity contribution in [1.29, 1.82) is 0 Å². The number of hydrogen-bond donors (Lipinski definition) is 4. The van der Waals surface area contributed by atoms with Crippen molar-refractivity contribution in [3.8, 4) is 0 Å². The van der Waals surface area contributed by atoms with E-state index in [1.54, 1.807) is 6.92 Å². The van der Waals surface area contributed by atoms with E-state index in [0.29, 0.717) is 18.4 Å². The molecule has 2 aromatic carbocycles. The molecule has 13 heteroatoms. The normalized spacial score (nSPS) is 17.3. The maximum absolute atomic E-state index is 13.3. The van der Waals surface area contributed by atoms with Gasteiger partial charge in [-0.05, 0) is 62.2 Å². The Balaban J connectivity index is 1.63. The summed E-state index contributed by atoms with van der Waals surface area (Å²) in [4.78, 5) is 38.4. The number of alkyl halides is 3. The van der Waals surface area contributed by atoms with Gasteiger partial charge in [0, 0.05) is 36.1 Å². The van der Waals surface area contributed by atoms with Crippen molar-refractivity contribution < 1.29 is 36.0 Å². The highest BCUT2D eigenvalue weighted by molar-refractivity contribution is 7.90. The number of halogens is 3. The third kappa shape index (κ3) is 9.07. The number of amides is 3. The molecule has 41 heavy (non-hydrogen) atoms. The molecule has 0 spiro atoms. The lowest BCUT2D eigenvalue weighted by molar-refractivity contribution is -0.137. The van der Waals surface area contributed by atoms with Crippen molar-refractivity contribution in [3.63, 3.8) is 0 Å². The highest BCUT2D eigenvalue weighted by atomic mass is 32.2. The zero-order chi connectivity index (χ0) is 30.4. The average molecular weight is 595 g/mol. The first-order valence-electron chi connectivity index (χ1n) is 12.9. The summed E-state index contributed by atoms with van der Waals surface area (Å²) in [6.45, 7) is 5.20. The Morgan fingerprint density at radius 1 is 0.927 bits per heavy atom. The number of carbonyl (C=O) groups excluding carboxylic acids is 3. The maximum atomic E-state index is 13.3. The van der Waals surface area contributed by atoms with Gasteiger partial charge >= 0.3 is 6.18 Å². The summed E-state index contributed by atoms with van der Waals surface area (Å²) < 4.78 is 63.1. The minimum Gasteiger partial charge on any atom is -0.381 e. The first kappa shape index (κ1) is 31.7. The summed E-state index contributed by atoms with van der Waals surface area (Å²) in [6.07, 6.45) is -0.813. The highest BCUT2D eigenvalue weighted by Gasteiger charge is 2.32. The fourth-order valence-electron chi connectivity index (χ4n) is 4.40. The molecular formula is C28H33F3N4O5S. The standard InChI is InChI=1S/C28H33F3N4O5S/c1-17(2)15-32-22-13-10-19(28(29,30)31)14-21(22)27(38)33-16-25(36)34-23-6-4-5-7-24(23)35-26(37)18-8-11-20(12-9-18)41(3,39)40/h8-14,23-24,32H,1,4-7,15-16H2,2-3H3,(H,33,38)(H,34,36)(H,35,37). The Morgan fingerprint density at radius 3 is 2.10 bits per heavy atom. The summed E-state index contributed by atoms with van der Waals surface area (Å²) in [7, 11) is -3.41. The quantitative estimate of drug-likeness (QED) is 0.310. The molecule has 0 bridgehead atoms. The van der Waals surface area contributed by atoms with Gasteiger partial charge in [-0.25, -0.2) is 8.42 Å². The van der Waals surface area contributed by atoms with Crippen LogP contribution in [0.5, 0.6) is 0 Å². The van der Waals surface area contributed by atoms with Crippen molar-refractivity contribution in [2.45, 2.75) is 55.8 Å². The van der Waals surface area contributed by atoms with E-state index in [1.165, 1.54) is 24.3 Å². The Hall–Kier alpha value is -3.87. The summed E-state index contributed by atoms with van der Waals surface area (Å²) in [5.74, 6) is -1.85. The first-order chi connectivity index (χ1) is 19.1. The number of anilines is 1. The molecule has 2 aromatic rings. The molecule has 1 aliphatic carbocycles. The molecule has 222 valence electrons. The van der Waals surface area contributed by atoms with Gasteiger partial charge in [-0.15, -0.1) is 0 Å². The maximum Gasteiger partial charge on any atom is 0.416 e. The number of nitrogens with one attached hydrogen (secondary N) is 4. The molecule has 0 heterocycles. The molecule has 2 atom stereocenters. The summed E-state index contributed by atoms with van der Waals surface area (Å²) in [5.41, 5.74) is -0.134. The van der Waals surface area contributed by atoms with Crippen molar-refractivity contribution in [3.05, 3.63) is 71.3 Å². The van der Waals surface area contributed by atoms with Gasteiger partial charge in [0.05, 0.1) is 22.6 Å². The van der Waals surface area contributed by atoms with Gasteiger partial charge in [0.2, 0.25) is 5.91 Å². The van der Waals surface area contributed by atoms with E-state index >= 15 is 0 Å². The summed E-state index contributed by atoms with van der Waals surface area (Å²) in [5, 5.41) is 10.9. The van der Waals surface area contributed by atoms with Crippen LogP contribution in [-0.2, 0) is 20.8 Å². The number of sulfone groups is 1. The van der Waals surface area contributed by atoms with Crippen molar-refractivity contribution in [1.82, 2.24) is 16.0 Å². The molecule has 9 nitrogen and oxygen atoms in total. The second-order valence-electron chi connectivity index (χ2n) is 10.1. The van der Waals surface area contributed by atoms with Gasteiger partial charge in [0.1, 0.15) is 0 Å². The zero-order valence-corrected chi connectivity index (χ0v) is 23.5. The largest absolute Gasteiger partial charge is 0.416 e. The molecule has 3 rings (SSSR count). The molecule has 2 unspecified atom stereocenters. The topological polar surface area (TPSA) is 133 Å². The summed E-state index contributed by atoms with van der Waals surface area (Å²) >= 11 is 0. The lowest BCUT2D eigenvalue weighted by Crippen LogP contribution is -2.54. The van der Waals surface area contributed by atoms with Crippen LogP contribution in [0.15, 0.2) is 59.5 Å². The predicted octanol–water partition coefficient (Wildman–Crippen LogP) is 3.68. The fraction of sp³-hybridized carbons (Fsp3) is 0.393. The lowest BCUT2D eigenvalue weighted by atomic mass is 9.90. The Bertz CT molecular complexity index is 1410. The lowest BCUT2D eigenvalue weighted by Gasteiger charge is -2.33. The van der Waals surface area contributed by atoms with Gasteiger partial charge in [0.25, 0.3) is 11.8 Å². The van der Waals surface area contributed by atoms with Gasteiger partial charge in [-0.2, -0.15) is 13.2 Å². The molecule has 4 N–H and O–H groups in total. The molecule has 0 aromatic heterocycles. The van der Waals surface area contributed by atoms with E-state index in [1.807, 2.05) is 0 Å². The van der Waals surface area contributed by atoms with Gasteiger partial charge < -0.3 is 21.3 Å².